The van der Waals surface area contributed by atoms with E-state index < -0.39 is 46.0 Å². The van der Waals surface area contributed by atoms with Crippen LogP contribution in [0.25, 0.3) is 0 Å². The summed E-state index contributed by atoms with van der Waals surface area (Å²) in [7, 11) is 0. The second kappa shape index (κ2) is 6.57. The maximum atomic E-state index is 14.0. The number of phenolic OH excluding ortho intramolecular Hbond substituents is 2. The van der Waals surface area contributed by atoms with Crippen molar-refractivity contribution in [2.24, 2.45) is 0 Å². The molecule has 0 unspecified atom stereocenters. The van der Waals surface area contributed by atoms with E-state index in [4.69, 9.17) is 0 Å². The Hall–Kier alpha value is -3.09. The first kappa shape index (κ1) is 18.7. The molecule has 0 bridgehead atoms. The van der Waals surface area contributed by atoms with Crippen molar-refractivity contribution in [3.63, 3.8) is 0 Å². The third-order valence-corrected chi connectivity index (χ3v) is 4.61. The Kier molecular flexibility index (Phi) is 4.55. The fourth-order valence-corrected chi connectivity index (χ4v) is 2.99. The van der Waals surface area contributed by atoms with Crippen molar-refractivity contribution < 1.29 is 32.2 Å². The van der Waals surface area contributed by atoms with Crippen molar-refractivity contribution in [2.75, 3.05) is 0 Å². The first-order valence-corrected chi connectivity index (χ1v) is 7.77. The fraction of sp³-hybridized carbons (Fsp3) is 0.100. The predicted octanol–water partition coefficient (Wildman–Crippen LogP) is 5.15. The highest BCUT2D eigenvalue weighted by atomic mass is 19.1. The average molecular weight is 380 g/mol. The van der Waals surface area contributed by atoms with E-state index in [1.54, 1.807) is 0 Å². The largest absolute Gasteiger partial charge is 0.503 e. The van der Waals surface area contributed by atoms with Crippen molar-refractivity contribution >= 4 is 0 Å². The Bertz CT molecular complexity index is 912. The predicted molar refractivity (Wildman–Crippen MR) is 88.0 cm³/mol. The zero-order valence-corrected chi connectivity index (χ0v) is 13.9. The van der Waals surface area contributed by atoms with Crippen LogP contribution in [0, 0.1) is 29.1 Å². The quantitative estimate of drug-likeness (QED) is 0.488. The third-order valence-electron chi connectivity index (χ3n) is 4.61. The van der Waals surface area contributed by atoms with Crippen LogP contribution in [0.2, 0.25) is 0 Å². The van der Waals surface area contributed by atoms with Gasteiger partial charge in [-0.1, -0.05) is 12.1 Å². The molecule has 3 aromatic rings. The van der Waals surface area contributed by atoms with Crippen LogP contribution < -0.4 is 0 Å². The van der Waals surface area contributed by atoms with Gasteiger partial charge in [0.25, 0.3) is 0 Å². The van der Waals surface area contributed by atoms with Gasteiger partial charge in [0.05, 0.1) is 0 Å². The molecule has 0 radical (unpaired) electrons. The molecule has 3 aromatic carbocycles. The van der Waals surface area contributed by atoms with Crippen LogP contribution in [0.4, 0.5) is 22.0 Å². The molecular weight excluding hydrogens is 367 g/mol. The molecule has 0 saturated heterocycles. The smallest absolute Gasteiger partial charge is 0.187 e. The van der Waals surface area contributed by atoms with Gasteiger partial charge < -0.3 is 10.2 Å². The molecule has 0 spiro atoms. The number of halogens is 5. The van der Waals surface area contributed by atoms with E-state index >= 15 is 0 Å². The van der Waals surface area contributed by atoms with Crippen molar-refractivity contribution in [2.45, 2.75) is 12.3 Å². The minimum Gasteiger partial charge on any atom is -0.503 e. The van der Waals surface area contributed by atoms with E-state index in [0.29, 0.717) is 0 Å². The van der Waals surface area contributed by atoms with E-state index in [2.05, 4.69) is 0 Å². The highest BCUT2D eigenvalue weighted by Crippen LogP contribution is 2.42. The number of aromatic hydroxyl groups is 2. The van der Waals surface area contributed by atoms with Gasteiger partial charge in [-0.3, -0.25) is 0 Å². The van der Waals surface area contributed by atoms with E-state index in [0.717, 1.165) is 36.4 Å². The van der Waals surface area contributed by atoms with E-state index in [9.17, 15) is 32.2 Å². The molecule has 3 rings (SSSR count). The molecule has 0 aliphatic rings. The molecule has 140 valence electrons. The lowest BCUT2D eigenvalue weighted by molar-refractivity contribution is 0.391. The van der Waals surface area contributed by atoms with Crippen LogP contribution in [0.5, 0.6) is 11.5 Å². The highest BCUT2D eigenvalue weighted by Gasteiger charge is 2.34. The Morgan fingerprint density at radius 1 is 0.593 bits per heavy atom. The minimum absolute atomic E-state index is 0.0774. The fourth-order valence-electron chi connectivity index (χ4n) is 2.99. The Labute approximate surface area is 151 Å². The summed E-state index contributed by atoms with van der Waals surface area (Å²) in [5.41, 5.74) is -1.41. The second-order valence-electron chi connectivity index (χ2n) is 6.21. The van der Waals surface area contributed by atoms with Gasteiger partial charge in [0.2, 0.25) is 0 Å². The lowest BCUT2D eigenvalue weighted by atomic mass is 9.71. The third kappa shape index (κ3) is 3.09. The van der Waals surface area contributed by atoms with E-state index in [1.807, 2.05) is 0 Å². The number of hydrogen-bond acceptors (Lipinski definition) is 2. The van der Waals surface area contributed by atoms with Gasteiger partial charge in [0, 0.05) is 5.41 Å². The zero-order valence-electron chi connectivity index (χ0n) is 13.9. The first-order valence-electron chi connectivity index (χ1n) is 7.77. The molecule has 7 heteroatoms. The van der Waals surface area contributed by atoms with Crippen LogP contribution in [-0.4, -0.2) is 10.2 Å². The maximum absolute atomic E-state index is 14.0. The molecular formula is C20H13F5O2. The first-order chi connectivity index (χ1) is 12.6. The molecule has 0 heterocycles. The summed E-state index contributed by atoms with van der Waals surface area (Å²) in [5.74, 6) is -8.02. The number of phenols is 2. The summed E-state index contributed by atoms with van der Waals surface area (Å²) in [6.07, 6.45) is 0. The topological polar surface area (TPSA) is 40.5 Å². The summed E-state index contributed by atoms with van der Waals surface area (Å²) in [6, 6.07) is 8.09. The summed E-state index contributed by atoms with van der Waals surface area (Å²) in [5, 5.41) is 18.7. The zero-order chi connectivity index (χ0) is 19.9. The Balaban J connectivity index is 2.35. The maximum Gasteiger partial charge on any atom is 0.187 e. The van der Waals surface area contributed by atoms with Gasteiger partial charge in [-0.2, -0.15) is 0 Å². The molecule has 0 amide bonds. The normalized spacial score (nSPS) is 11.6. The molecule has 27 heavy (non-hydrogen) atoms. The molecule has 0 saturated carbocycles. The second-order valence-corrected chi connectivity index (χ2v) is 6.21. The Morgan fingerprint density at radius 3 is 1.26 bits per heavy atom. The lowest BCUT2D eigenvalue weighted by Crippen LogP contribution is -2.26. The van der Waals surface area contributed by atoms with Crippen molar-refractivity contribution in [1.29, 1.82) is 0 Å². The number of hydrogen-bond donors (Lipinski definition) is 2. The van der Waals surface area contributed by atoms with Crippen LogP contribution in [0.1, 0.15) is 23.6 Å². The molecule has 2 nitrogen and oxygen atoms in total. The van der Waals surface area contributed by atoms with Gasteiger partial charge in [0.15, 0.2) is 34.8 Å². The monoisotopic (exact) mass is 380 g/mol. The van der Waals surface area contributed by atoms with Crippen molar-refractivity contribution in [3.8, 4) is 11.5 Å². The van der Waals surface area contributed by atoms with Gasteiger partial charge >= 0.3 is 0 Å². The number of benzene rings is 3. The van der Waals surface area contributed by atoms with Crippen LogP contribution in [0.3, 0.4) is 0 Å². The van der Waals surface area contributed by atoms with Crippen LogP contribution >= 0.6 is 0 Å². The Morgan fingerprint density at radius 2 is 0.926 bits per heavy atom. The van der Waals surface area contributed by atoms with Gasteiger partial charge in [0.1, 0.15) is 5.82 Å². The van der Waals surface area contributed by atoms with Gasteiger partial charge in [-0.05, 0) is 60.0 Å². The number of rotatable bonds is 3. The van der Waals surface area contributed by atoms with E-state index in [-0.39, 0.29) is 16.7 Å². The molecule has 0 aliphatic heterocycles. The highest BCUT2D eigenvalue weighted by molar-refractivity contribution is 5.52. The average Bonchev–Trinajstić information content (AvgIpc) is 2.63. The van der Waals surface area contributed by atoms with Gasteiger partial charge in [-0.25, -0.2) is 22.0 Å². The lowest BCUT2D eigenvalue weighted by Gasteiger charge is -2.32. The van der Waals surface area contributed by atoms with Gasteiger partial charge in [-0.15, -0.1) is 0 Å². The van der Waals surface area contributed by atoms with Crippen molar-refractivity contribution in [1.82, 2.24) is 0 Å². The molecule has 0 aromatic heterocycles. The molecule has 0 atom stereocenters. The summed E-state index contributed by atoms with van der Waals surface area (Å²) < 4.78 is 69.1. The molecule has 2 N–H and O–H groups in total. The summed E-state index contributed by atoms with van der Waals surface area (Å²) >= 11 is 0. The summed E-state index contributed by atoms with van der Waals surface area (Å²) in [4.78, 5) is 0. The SMILES string of the molecule is CC(c1ccc(F)cc1)(c1cc(F)c(O)c(F)c1)c1cc(F)c(O)c(F)c1. The standard InChI is InChI=1S/C20H13F5O2/c1-20(10-2-4-13(21)5-3-10,11-6-14(22)18(26)15(23)7-11)12-8-16(24)19(27)17(25)9-12/h2-9,26-27H,1H3. The summed E-state index contributed by atoms with van der Waals surface area (Å²) in [6.45, 7) is 1.43. The minimum atomic E-state index is -1.53. The molecule has 0 aliphatic carbocycles. The van der Waals surface area contributed by atoms with E-state index in [1.165, 1.54) is 19.1 Å². The molecule has 0 fully saturated rings. The van der Waals surface area contributed by atoms with Crippen molar-refractivity contribution in [3.05, 3.63) is 94.3 Å². The van der Waals surface area contributed by atoms with Crippen LogP contribution in [-0.2, 0) is 5.41 Å². The van der Waals surface area contributed by atoms with Crippen LogP contribution in [0.15, 0.2) is 48.5 Å².